The van der Waals surface area contributed by atoms with Crippen LogP contribution < -0.4 is 0 Å². The van der Waals surface area contributed by atoms with Gasteiger partial charge in [0.2, 0.25) is 0 Å². The lowest BCUT2D eigenvalue weighted by Gasteiger charge is -2.21. The zero-order valence-electron chi connectivity index (χ0n) is 11.7. The number of aromatic nitrogens is 2. The molecular weight excluding hydrogens is 260 g/mol. The normalized spacial score (nSPS) is 18.6. The van der Waals surface area contributed by atoms with E-state index < -0.39 is 10.8 Å². The van der Waals surface area contributed by atoms with Crippen molar-refractivity contribution in [3.8, 4) is 0 Å². The SMILES string of the molecule is CCOCCS(=O)Cc1ccn(C2CCCCC2)n1. The van der Waals surface area contributed by atoms with E-state index in [1.165, 1.54) is 32.1 Å². The molecule has 1 saturated carbocycles. The molecule has 5 heteroatoms. The van der Waals surface area contributed by atoms with E-state index in [0.717, 1.165) is 5.69 Å². The molecule has 0 aromatic carbocycles. The van der Waals surface area contributed by atoms with Gasteiger partial charge in [-0.25, -0.2) is 0 Å². The van der Waals surface area contributed by atoms with Gasteiger partial charge in [-0.3, -0.25) is 8.89 Å². The van der Waals surface area contributed by atoms with Crippen molar-refractivity contribution in [2.75, 3.05) is 19.0 Å². The molecule has 4 nitrogen and oxygen atoms in total. The minimum absolute atomic E-state index is 0.548. The summed E-state index contributed by atoms with van der Waals surface area (Å²) in [7, 11) is -0.865. The van der Waals surface area contributed by atoms with Crippen LogP contribution in [0.25, 0.3) is 0 Å². The van der Waals surface area contributed by atoms with Gasteiger partial charge in [-0.1, -0.05) is 19.3 Å². The fraction of sp³-hybridized carbons (Fsp3) is 0.786. The van der Waals surface area contributed by atoms with Crippen LogP contribution in [-0.4, -0.2) is 33.0 Å². The van der Waals surface area contributed by atoms with Crippen molar-refractivity contribution in [1.29, 1.82) is 0 Å². The molecule has 19 heavy (non-hydrogen) atoms. The van der Waals surface area contributed by atoms with E-state index in [1.54, 1.807) is 0 Å². The lowest BCUT2D eigenvalue weighted by Crippen LogP contribution is -2.14. The molecule has 0 spiro atoms. The van der Waals surface area contributed by atoms with E-state index in [1.807, 2.05) is 19.2 Å². The van der Waals surface area contributed by atoms with Gasteiger partial charge in [0.05, 0.1) is 24.1 Å². The Morgan fingerprint density at radius 3 is 2.95 bits per heavy atom. The van der Waals surface area contributed by atoms with E-state index in [-0.39, 0.29) is 0 Å². The average molecular weight is 284 g/mol. The molecule has 1 heterocycles. The Kier molecular flexibility index (Phi) is 6.04. The van der Waals surface area contributed by atoms with Crippen molar-refractivity contribution in [1.82, 2.24) is 9.78 Å². The van der Waals surface area contributed by atoms with Gasteiger partial charge < -0.3 is 4.74 Å². The van der Waals surface area contributed by atoms with Gasteiger partial charge in [0, 0.05) is 29.4 Å². The molecule has 0 radical (unpaired) electrons. The molecule has 1 fully saturated rings. The van der Waals surface area contributed by atoms with Crippen LogP contribution in [0.3, 0.4) is 0 Å². The molecule has 108 valence electrons. The predicted octanol–water partition coefficient (Wildman–Crippen LogP) is 2.67. The quantitative estimate of drug-likeness (QED) is 0.723. The Balaban J connectivity index is 1.81. The van der Waals surface area contributed by atoms with Gasteiger partial charge in [0.25, 0.3) is 0 Å². The minimum Gasteiger partial charge on any atom is -0.381 e. The summed E-state index contributed by atoms with van der Waals surface area (Å²) < 4.78 is 19.2. The number of hydrogen-bond acceptors (Lipinski definition) is 3. The van der Waals surface area contributed by atoms with Gasteiger partial charge in [0.1, 0.15) is 0 Å². The zero-order valence-corrected chi connectivity index (χ0v) is 12.5. The standard InChI is InChI=1S/C14H24N2O2S/c1-2-18-10-11-19(17)12-13-8-9-16(15-13)14-6-4-3-5-7-14/h8-9,14H,2-7,10-12H2,1H3. The lowest BCUT2D eigenvalue weighted by atomic mass is 9.96. The summed E-state index contributed by atoms with van der Waals surface area (Å²) >= 11 is 0. The molecular formula is C14H24N2O2S. The van der Waals surface area contributed by atoms with Crippen molar-refractivity contribution in [3.05, 3.63) is 18.0 Å². The first-order valence-corrected chi connectivity index (χ1v) is 8.75. The Bertz CT molecular complexity index is 400. The Hall–Kier alpha value is -0.680. The minimum atomic E-state index is -0.865. The summed E-state index contributed by atoms with van der Waals surface area (Å²) in [5.74, 6) is 1.15. The van der Waals surface area contributed by atoms with E-state index in [0.29, 0.717) is 30.8 Å². The van der Waals surface area contributed by atoms with Crippen LogP contribution in [0.15, 0.2) is 12.3 Å². The summed E-state index contributed by atoms with van der Waals surface area (Å²) in [6, 6.07) is 2.56. The van der Waals surface area contributed by atoms with Crippen LogP contribution in [0, 0.1) is 0 Å². The van der Waals surface area contributed by atoms with E-state index in [2.05, 4.69) is 9.78 Å². The summed E-state index contributed by atoms with van der Waals surface area (Å²) in [4.78, 5) is 0. The van der Waals surface area contributed by atoms with Crippen LogP contribution in [0.1, 0.15) is 50.8 Å². The fourth-order valence-corrected chi connectivity index (χ4v) is 3.47. The van der Waals surface area contributed by atoms with Crippen LogP contribution in [0.2, 0.25) is 0 Å². The average Bonchev–Trinajstić information content (AvgIpc) is 2.88. The number of hydrogen-bond donors (Lipinski definition) is 0. The van der Waals surface area contributed by atoms with E-state index in [9.17, 15) is 4.21 Å². The van der Waals surface area contributed by atoms with E-state index in [4.69, 9.17) is 4.74 Å². The second-order valence-electron chi connectivity index (χ2n) is 5.06. The van der Waals surface area contributed by atoms with Crippen LogP contribution in [0.5, 0.6) is 0 Å². The smallest absolute Gasteiger partial charge is 0.0749 e. The Morgan fingerprint density at radius 1 is 1.42 bits per heavy atom. The first-order chi connectivity index (χ1) is 9.29. The Labute approximate surface area is 118 Å². The topological polar surface area (TPSA) is 44.1 Å². The van der Waals surface area contributed by atoms with Crippen LogP contribution in [0.4, 0.5) is 0 Å². The second-order valence-corrected chi connectivity index (χ2v) is 6.64. The van der Waals surface area contributed by atoms with Crippen molar-refractivity contribution in [3.63, 3.8) is 0 Å². The first-order valence-electron chi connectivity index (χ1n) is 7.26. The summed E-state index contributed by atoms with van der Waals surface area (Å²) in [6.45, 7) is 3.22. The highest BCUT2D eigenvalue weighted by atomic mass is 32.2. The van der Waals surface area contributed by atoms with Gasteiger partial charge in [-0.2, -0.15) is 5.10 Å². The predicted molar refractivity (Wildman–Crippen MR) is 77.6 cm³/mol. The van der Waals surface area contributed by atoms with Crippen molar-refractivity contribution in [2.24, 2.45) is 0 Å². The monoisotopic (exact) mass is 284 g/mol. The lowest BCUT2D eigenvalue weighted by molar-refractivity contribution is 0.164. The summed E-state index contributed by atoms with van der Waals surface area (Å²) in [5.41, 5.74) is 0.945. The largest absolute Gasteiger partial charge is 0.381 e. The molecule has 0 bridgehead atoms. The fourth-order valence-electron chi connectivity index (χ4n) is 2.54. The highest BCUT2D eigenvalue weighted by molar-refractivity contribution is 7.84. The first kappa shape index (κ1) is 14.7. The third kappa shape index (κ3) is 4.73. The maximum Gasteiger partial charge on any atom is 0.0749 e. The molecule has 1 aromatic heterocycles. The van der Waals surface area contributed by atoms with Crippen molar-refractivity contribution >= 4 is 10.8 Å². The van der Waals surface area contributed by atoms with Crippen molar-refractivity contribution < 1.29 is 8.95 Å². The zero-order chi connectivity index (χ0) is 13.5. The molecule has 1 atom stereocenters. The number of nitrogens with zero attached hydrogens (tertiary/aromatic N) is 2. The molecule has 1 aliphatic carbocycles. The molecule has 1 aliphatic rings. The third-order valence-corrected chi connectivity index (χ3v) is 4.82. The maximum absolute atomic E-state index is 11.9. The van der Waals surface area contributed by atoms with Gasteiger partial charge in [-0.15, -0.1) is 0 Å². The molecule has 0 N–H and O–H groups in total. The summed E-state index contributed by atoms with van der Waals surface area (Å²) in [6.07, 6.45) is 8.47. The van der Waals surface area contributed by atoms with Gasteiger partial charge >= 0.3 is 0 Å². The van der Waals surface area contributed by atoms with Gasteiger partial charge in [0.15, 0.2) is 0 Å². The molecule has 1 unspecified atom stereocenters. The number of rotatable bonds is 7. The third-order valence-electron chi connectivity index (χ3n) is 3.58. The van der Waals surface area contributed by atoms with Gasteiger partial charge in [-0.05, 0) is 25.8 Å². The molecule has 0 saturated heterocycles. The van der Waals surface area contributed by atoms with E-state index >= 15 is 0 Å². The molecule has 2 rings (SSSR count). The maximum atomic E-state index is 11.9. The Morgan fingerprint density at radius 2 is 2.21 bits per heavy atom. The molecule has 0 aliphatic heterocycles. The van der Waals surface area contributed by atoms with Crippen LogP contribution >= 0.6 is 0 Å². The highest BCUT2D eigenvalue weighted by Gasteiger charge is 2.16. The highest BCUT2D eigenvalue weighted by Crippen LogP contribution is 2.27. The summed E-state index contributed by atoms with van der Waals surface area (Å²) in [5, 5.41) is 4.58. The molecule has 1 aromatic rings. The number of ether oxygens (including phenoxy) is 1. The second kappa shape index (κ2) is 7.80. The van der Waals surface area contributed by atoms with Crippen LogP contribution in [-0.2, 0) is 21.3 Å². The molecule has 0 amide bonds. The van der Waals surface area contributed by atoms with Crippen molar-refractivity contribution in [2.45, 2.75) is 50.8 Å².